The fraction of sp³-hybridized carbons (Fsp3) is 0.294. The number of hydrogen-bond acceptors (Lipinski definition) is 5. The number of non-ortho nitro benzene ring substituents is 1. The molecular formula is C17H20N2O5S. The summed E-state index contributed by atoms with van der Waals surface area (Å²) in [7, 11) is -2.45. The van der Waals surface area contributed by atoms with Crippen LogP contribution in [0.4, 0.5) is 11.4 Å². The van der Waals surface area contributed by atoms with Gasteiger partial charge in [-0.1, -0.05) is 26.8 Å². The molecule has 0 aliphatic carbocycles. The van der Waals surface area contributed by atoms with Crippen LogP contribution in [0.5, 0.6) is 5.75 Å². The van der Waals surface area contributed by atoms with Crippen LogP contribution in [0.25, 0.3) is 0 Å². The molecule has 8 heteroatoms. The van der Waals surface area contributed by atoms with Gasteiger partial charge in [0.25, 0.3) is 15.7 Å². The summed E-state index contributed by atoms with van der Waals surface area (Å²) in [5.41, 5.74) is 0.911. The Kier molecular flexibility index (Phi) is 5.03. The van der Waals surface area contributed by atoms with Crippen LogP contribution >= 0.6 is 0 Å². The van der Waals surface area contributed by atoms with Crippen LogP contribution in [0, 0.1) is 10.1 Å². The van der Waals surface area contributed by atoms with Crippen molar-refractivity contribution in [2.75, 3.05) is 11.8 Å². The van der Waals surface area contributed by atoms with Crippen LogP contribution in [0.15, 0.2) is 47.4 Å². The average Bonchev–Trinajstić information content (AvgIpc) is 2.53. The number of nitrogens with one attached hydrogen (secondary N) is 1. The Morgan fingerprint density at radius 1 is 1.08 bits per heavy atom. The molecule has 0 aromatic heterocycles. The Labute approximate surface area is 146 Å². The van der Waals surface area contributed by atoms with Crippen molar-refractivity contribution >= 4 is 21.4 Å². The second-order valence-corrected chi connectivity index (χ2v) is 8.20. The van der Waals surface area contributed by atoms with Gasteiger partial charge in [-0.25, -0.2) is 8.42 Å². The van der Waals surface area contributed by atoms with Crippen LogP contribution in [-0.4, -0.2) is 20.5 Å². The highest BCUT2D eigenvalue weighted by Crippen LogP contribution is 2.33. The van der Waals surface area contributed by atoms with E-state index in [1.807, 2.05) is 26.8 Å². The molecule has 2 rings (SSSR count). The number of methoxy groups -OCH3 is 1. The SMILES string of the molecule is COc1ccc(C(C)(C)C)cc1NS(=O)(=O)c1ccc([N+](=O)[O-])cc1. The third-order valence-corrected chi connectivity index (χ3v) is 5.05. The van der Waals surface area contributed by atoms with Gasteiger partial charge in [-0.2, -0.15) is 0 Å². The Hall–Kier alpha value is -2.61. The fourth-order valence-electron chi connectivity index (χ4n) is 2.20. The lowest BCUT2D eigenvalue weighted by Crippen LogP contribution is -2.16. The van der Waals surface area contributed by atoms with Crippen molar-refractivity contribution < 1.29 is 18.1 Å². The van der Waals surface area contributed by atoms with E-state index in [-0.39, 0.29) is 16.0 Å². The predicted molar refractivity (Wildman–Crippen MR) is 95.6 cm³/mol. The molecule has 0 unspecified atom stereocenters. The number of ether oxygens (including phenoxy) is 1. The molecule has 0 radical (unpaired) electrons. The minimum Gasteiger partial charge on any atom is -0.495 e. The van der Waals surface area contributed by atoms with Crippen LogP contribution in [0.1, 0.15) is 26.3 Å². The van der Waals surface area contributed by atoms with E-state index >= 15 is 0 Å². The summed E-state index contributed by atoms with van der Waals surface area (Å²) >= 11 is 0. The molecule has 1 N–H and O–H groups in total. The summed E-state index contributed by atoms with van der Waals surface area (Å²) in [6.07, 6.45) is 0. The van der Waals surface area contributed by atoms with Crippen molar-refractivity contribution in [2.45, 2.75) is 31.1 Å². The van der Waals surface area contributed by atoms with Crippen molar-refractivity contribution in [1.29, 1.82) is 0 Å². The first-order valence-electron chi connectivity index (χ1n) is 7.50. The summed E-state index contributed by atoms with van der Waals surface area (Å²) in [5, 5.41) is 10.7. The van der Waals surface area contributed by atoms with E-state index in [2.05, 4.69) is 4.72 Å². The molecule has 25 heavy (non-hydrogen) atoms. The maximum Gasteiger partial charge on any atom is 0.269 e. The molecule has 2 aromatic rings. The summed E-state index contributed by atoms with van der Waals surface area (Å²) < 4.78 is 32.9. The fourth-order valence-corrected chi connectivity index (χ4v) is 3.27. The summed E-state index contributed by atoms with van der Waals surface area (Å²) in [6, 6.07) is 9.99. The van der Waals surface area contributed by atoms with Crippen molar-refractivity contribution in [3.8, 4) is 5.75 Å². The molecule has 0 atom stereocenters. The molecule has 0 amide bonds. The highest BCUT2D eigenvalue weighted by Gasteiger charge is 2.21. The first-order chi connectivity index (χ1) is 11.5. The smallest absolute Gasteiger partial charge is 0.269 e. The summed E-state index contributed by atoms with van der Waals surface area (Å²) in [4.78, 5) is 10.0. The zero-order chi connectivity index (χ0) is 18.8. The van der Waals surface area contributed by atoms with Gasteiger partial charge in [0.2, 0.25) is 0 Å². The van der Waals surface area contributed by atoms with Gasteiger partial charge in [-0.05, 0) is 35.2 Å². The lowest BCUT2D eigenvalue weighted by atomic mass is 9.87. The van der Waals surface area contributed by atoms with Crippen LogP contribution in [-0.2, 0) is 15.4 Å². The number of nitro benzene ring substituents is 1. The number of sulfonamides is 1. The minimum absolute atomic E-state index is 0.0682. The van der Waals surface area contributed by atoms with Crippen molar-refractivity contribution in [3.05, 3.63) is 58.1 Å². The average molecular weight is 364 g/mol. The molecular weight excluding hydrogens is 344 g/mol. The quantitative estimate of drug-likeness (QED) is 0.644. The van der Waals surface area contributed by atoms with E-state index in [0.717, 1.165) is 17.7 Å². The summed E-state index contributed by atoms with van der Waals surface area (Å²) in [5.74, 6) is 0.387. The van der Waals surface area contributed by atoms with Gasteiger partial charge in [0.05, 0.1) is 22.6 Å². The zero-order valence-corrected chi connectivity index (χ0v) is 15.3. The molecule has 0 saturated heterocycles. The van der Waals surface area contributed by atoms with Gasteiger partial charge >= 0.3 is 0 Å². The van der Waals surface area contributed by atoms with E-state index in [1.54, 1.807) is 12.1 Å². The van der Waals surface area contributed by atoms with E-state index in [0.29, 0.717) is 11.4 Å². The second kappa shape index (κ2) is 6.72. The zero-order valence-electron chi connectivity index (χ0n) is 14.4. The Morgan fingerprint density at radius 3 is 2.16 bits per heavy atom. The Morgan fingerprint density at radius 2 is 1.68 bits per heavy atom. The third kappa shape index (κ3) is 4.27. The second-order valence-electron chi connectivity index (χ2n) is 6.52. The van der Waals surface area contributed by atoms with Crippen molar-refractivity contribution in [2.24, 2.45) is 0 Å². The van der Waals surface area contributed by atoms with Crippen molar-refractivity contribution in [1.82, 2.24) is 0 Å². The van der Waals surface area contributed by atoms with E-state index in [9.17, 15) is 18.5 Å². The lowest BCUT2D eigenvalue weighted by Gasteiger charge is -2.21. The van der Waals surface area contributed by atoms with Gasteiger partial charge < -0.3 is 4.74 Å². The Balaban J connectivity index is 2.41. The van der Waals surface area contributed by atoms with Crippen LogP contribution in [0.2, 0.25) is 0 Å². The monoisotopic (exact) mass is 364 g/mol. The van der Waals surface area contributed by atoms with E-state index < -0.39 is 14.9 Å². The minimum atomic E-state index is -3.90. The number of rotatable bonds is 5. The molecule has 7 nitrogen and oxygen atoms in total. The van der Waals surface area contributed by atoms with Gasteiger partial charge in [0.15, 0.2) is 0 Å². The molecule has 0 saturated carbocycles. The molecule has 0 fully saturated rings. The molecule has 0 aliphatic rings. The molecule has 0 spiro atoms. The number of anilines is 1. The number of benzene rings is 2. The lowest BCUT2D eigenvalue weighted by molar-refractivity contribution is -0.384. The number of hydrogen-bond donors (Lipinski definition) is 1. The standard InChI is InChI=1S/C17H20N2O5S/c1-17(2,3)12-5-10-16(24-4)15(11-12)18-25(22,23)14-8-6-13(7-9-14)19(20)21/h5-11,18H,1-4H3. The normalized spacial score (nSPS) is 11.8. The van der Waals surface area contributed by atoms with Gasteiger partial charge in [0, 0.05) is 12.1 Å². The first kappa shape index (κ1) is 18.7. The largest absolute Gasteiger partial charge is 0.495 e. The third-order valence-electron chi connectivity index (χ3n) is 3.67. The van der Waals surface area contributed by atoms with Gasteiger partial charge in [-0.15, -0.1) is 0 Å². The maximum absolute atomic E-state index is 12.6. The molecule has 0 heterocycles. The number of nitrogens with zero attached hydrogens (tertiary/aromatic N) is 1. The first-order valence-corrected chi connectivity index (χ1v) is 8.99. The van der Waals surface area contributed by atoms with E-state index in [1.165, 1.54) is 19.2 Å². The molecule has 0 bridgehead atoms. The number of nitro groups is 1. The Bertz CT molecular complexity index is 884. The maximum atomic E-state index is 12.6. The van der Waals surface area contributed by atoms with Gasteiger partial charge in [0.1, 0.15) is 5.75 Å². The van der Waals surface area contributed by atoms with Crippen LogP contribution in [0.3, 0.4) is 0 Å². The van der Waals surface area contributed by atoms with Crippen molar-refractivity contribution in [3.63, 3.8) is 0 Å². The molecule has 0 aliphatic heterocycles. The van der Waals surface area contributed by atoms with E-state index in [4.69, 9.17) is 4.74 Å². The summed E-state index contributed by atoms with van der Waals surface area (Å²) in [6.45, 7) is 6.05. The van der Waals surface area contributed by atoms with Crippen LogP contribution < -0.4 is 9.46 Å². The highest BCUT2D eigenvalue weighted by atomic mass is 32.2. The van der Waals surface area contributed by atoms with Gasteiger partial charge in [-0.3, -0.25) is 14.8 Å². The molecule has 134 valence electrons. The molecule has 2 aromatic carbocycles. The highest BCUT2D eigenvalue weighted by molar-refractivity contribution is 7.92. The predicted octanol–water partition coefficient (Wildman–Crippen LogP) is 3.70. The topological polar surface area (TPSA) is 98.5 Å².